The van der Waals surface area contributed by atoms with Gasteiger partial charge in [0.15, 0.2) is 0 Å². The standard InChI is InChI=1S/C14H8BrFN2OS/c15-8-4-5-9(13(20)6-8)14(19)18-12-3-1-2-11(16)10(12)7-17/h1-6,20H,(H,18,19). The fourth-order valence-electron chi connectivity index (χ4n) is 1.63. The van der Waals surface area contributed by atoms with Crippen LogP contribution >= 0.6 is 28.6 Å². The second-order valence-corrected chi connectivity index (χ2v) is 5.29. The Hall–Kier alpha value is -1.84. The number of carbonyl (C=O) groups is 1. The maximum Gasteiger partial charge on any atom is 0.256 e. The molecule has 20 heavy (non-hydrogen) atoms. The number of amides is 1. The largest absolute Gasteiger partial charge is 0.321 e. The van der Waals surface area contributed by atoms with Gasteiger partial charge in [0.25, 0.3) is 5.91 Å². The van der Waals surface area contributed by atoms with E-state index in [0.29, 0.717) is 10.5 Å². The molecule has 100 valence electrons. The van der Waals surface area contributed by atoms with Crippen LogP contribution in [0.2, 0.25) is 0 Å². The van der Waals surface area contributed by atoms with Crippen molar-refractivity contribution in [3.8, 4) is 6.07 Å². The van der Waals surface area contributed by atoms with E-state index in [1.165, 1.54) is 12.1 Å². The number of hydrogen-bond acceptors (Lipinski definition) is 3. The van der Waals surface area contributed by atoms with E-state index in [-0.39, 0.29) is 11.3 Å². The molecule has 6 heteroatoms. The monoisotopic (exact) mass is 350 g/mol. The summed E-state index contributed by atoms with van der Waals surface area (Å²) in [6.07, 6.45) is 0. The third-order valence-corrected chi connectivity index (χ3v) is 3.44. The van der Waals surface area contributed by atoms with Crippen molar-refractivity contribution in [1.82, 2.24) is 0 Å². The molecule has 2 aromatic carbocycles. The number of nitrogens with one attached hydrogen (secondary N) is 1. The zero-order chi connectivity index (χ0) is 14.7. The van der Waals surface area contributed by atoms with Gasteiger partial charge in [0, 0.05) is 9.37 Å². The second-order valence-electron chi connectivity index (χ2n) is 3.89. The molecule has 0 heterocycles. The van der Waals surface area contributed by atoms with Crippen LogP contribution in [0.15, 0.2) is 45.8 Å². The smallest absolute Gasteiger partial charge is 0.256 e. The van der Waals surface area contributed by atoms with E-state index in [2.05, 4.69) is 33.9 Å². The molecule has 2 aromatic rings. The number of halogens is 2. The number of carbonyl (C=O) groups excluding carboxylic acids is 1. The number of hydrogen-bond donors (Lipinski definition) is 2. The molecule has 1 N–H and O–H groups in total. The minimum Gasteiger partial charge on any atom is -0.321 e. The lowest BCUT2D eigenvalue weighted by Crippen LogP contribution is -2.14. The Morgan fingerprint density at radius 1 is 1.35 bits per heavy atom. The molecule has 0 aliphatic rings. The number of thiol groups is 1. The van der Waals surface area contributed by atoms with Gasteiger partial charge in [-0.3, -0.25) is 4.79 Å². The quantitative estimate of drug-likeness (QED) is 0.804. The van der Waals surface area contributed by atoms with E-state index < -0.39 is 11.7 Å². The Morgan fingerprint density at radius 2 is 2.10 bits per heavy atom. The zero-order valence-electron chi connectivity index (χ0n) is 10.0. The summed E-state index contributed by atoms with van der Waals surface area (Å²) >= 11 is 7.48. The Labute approximate surface area is 129 Å². The van der Waals surface area contributed by atoms with E-state index in [1.54, 1.807) is 24.3 Å². The van der Waals surface area contributed by atoms with Crippen molar-refractivity contribution in [2.75, 3.05) is 5.32 Å². The number of nitrogens with zero attached hydrogens (tertiary/aromatic N) is 1. The Balaban J connectivity index is 2.33. The normalized spacial score (nSPS) is 9.90. The average Bonchev–Trinajstić information content (AvgIpc) is 2.38. The van der Waals surface area contributed by atoms with Gasteiger partial charge in [-0.1, -0.05) is 22.0 Å². The summed E-state index contributed by atoms with van der Waals surface area (Å²) in [6, 6.07) is 10.8. The highest BCUT2D eigenvalue weighted by atomic mass is 79.9. The Morgan fingerprint density at radius 3 is 2.75 bits per heavy atom. The van der Waals surface area contributed by atoms with Crippen LogP contribution in [0.3, 0.4) is 0 Å². The summed E-state index contributed by atoms with van der Waals surface area (Å²) in [5.41, 5.74) is 0.275. The van der Waals surface area contributed by atoms with E-state index in [1.807, 2.05) is 0 Å². The van der Waals surface area contributed by atoms with E-state index >= 15 is 0 Å². The Bertz CT molecular complexity index is 728. The molecule has 0 saturated heterocycles. The SMILES string of the molecule is N#Cc1c(F)cccc1NC(=O)c1ccc(Br)cc1S. The molecule has 0 saturated carbocycles. The lowest BCUT2D eigenvalue weighted by atomic mass is 10.1. The third-order valence-electron chi connectivity index (χ3n) is 2.58. The first-order chi connectivity index (χ1) is 9.52. The van der Waals surface area contributed by atoms with Crippen molar-refractivity contribution < 1.29 is 9.18 Å². The first kappa shape index (κ1) is 14.6. The topological polar surface area (TPSA) is 52.9 Å². The molecule has 0 spiro atoms. The summed E-state index contributed by atoms with van der Waals surface area (Å²) in [4.78, 5) is 12.6. The molecule has 2 rings (SSSR count). The molecular weight excluding hydrogens is 343 g/mol. The van der Waals surface area contributed by atoms with Gasteiger partial charge < -0.3 is 5.32 Å². The van der Waals surface area contributed by atoms with Crippen LogP contribution in [0.4, 0.5) is 10.1 Å². The summed E-state index contributed by atoms with van der Waals surface area (Å²) in [7, 11) is 0. The van der Waals surface area contributed by atoms with Gasteiger partial charge in [-0.15, -0.1) is 12.6 Å². The van der Waals surface area contributed by atoms with Crippen LogP contribution in [0.5, 0.6) is 0 Å². The molecular formula is C14H8BrFN2OS. The fraction of sp³-hybridized carbons (Fsp3) is 0. The van der Waals surface area contributed by atoms with Crippen LogP contribution in [0.1, 0.15) is 15.9 Å². The highest BCUT2D eigenvalue weighted by Gasteiger charge is 2.14. The van der Waals surface area contributed by atoms with Gasteiger partial charge in [0.05, 0.1) is 11.3 Å². The molecule has 1 amide bonds. The molecule has 0 aliphatic carbocycles. The van der Waals surface area contributed by atoms with Crippen LogP contribution in [-0.2, 0) is 0 Å². The molecule has 3 nitrogen and oxygen atoms in total. The number of rotatable bonds is 2. The molecule has 0 unspecified atom stereocenters. The Kier molecular flexibility index (Phi) is 4.42. The molecule has 0 radical (unpaired) electrons. The zero-order valence-corrected chi connectivity index (χ0v) is 12.5. The van der Waals surface area contributed by atoms with Crippen molar-refractivity contribution in [1.29, 1.82) is 5.26 Å². The van der Waals surface area contributed by atoms with E-state index in [0.717, 1.165) is 10.5 Å². The first-order valence-corrected chi connectivity index (χ1v) is 6.75. The predicted octanol–water partition coefficient (Wildman–Crippen LogP) is 4.00. The van der Waals surface area contributed by atoms with Crippen molar-refractivity contribution in [2.45, 2.75) is 4.90 Å². The van der Waals surface area contributed by atoms with Gasteiger partial charge in [-0.2, -0.15) is 5.26 Å². The lowest BCUT2D eigenvalue weighted by Gasteiger charge is -2.09. The fourth-order valence-corrected chi connectivity index (χ4v) is 2.48. The summed E-state index contributed by atoms with van der Waals surface area (Å²) in [5, 5.41) is 11.4. The van der Waals surface area contributed by atoms with Crippen molar-refractivity contribution in [3.05, 3.63) is 57.8 Å². The first-order valence-electron chi connectivity index (χ1n) is 5.51. The molecule has 0 aliphatic heterocycles. The summed E-state index contributed by atoms with van der Waals surface area (Å²) in [5.74, 6) is -1.13. The van der Waals surface area contributed by atoms with Crippen LogP contribution in [0, 0.1) is 17.1 Å². The molecule has 0 aromatic heterocycles. The van der Waals surface area contributed by atoms with Crippen LogP contribution in [-0.4, -0.2) is 5.91 Å². The molecule has 0 bridgehead atoms. The second kappa shape index (κ2) is 6.07. The highest BCUT2D eigenvalue weighted by Crippen LogP contribution is 2.23. The molecule has 0 fully saturated rings. The highest BCUT2D eigenvalue weighted by molar-refractivity contribution is 9.10. The summed E-state index contributed by atoms with van der Waals surface area (Å²) in [6.45, 7) is 0. The van der Waals surface area contributed by atoms with Crippen LogP contribution < -0.4 is 5.32 Å². The number of benzene rings is 2. The van der Waals surface area contributed by atoms with E-state index in [9.17, 15) is 9.18 Å². The number of anilines is 1. The van der Waals surface area contributed by atoms with Gasteiger partial charge in [-0.25, -0.2) is 4.39 Å². The maximum absolute atomic E-state index is 13.4. The van der Waals surface area contributed by atoms with Gasteiger partial charge in [0.1, 0.15) is 17.4 Å². The predicted molar refractivity (Wildman–Crippen MR) is 80.5 cm³/mol. The minimum atomic E-state index is -0.674. The maximum atomic E-state index is 13.4. The average molecular weight is 351 g/mol. The van der Waals surface area contributed by atoms with Gasteiger partial charge in [-0.05, 0) is 30.3 Å². The third kappa shape index (κ3) is 3.00. The lowest BCUT2D eigenvalue weighted by molar-refractivity contribution is 0.102. The van der Waals surface area contributed by atoms with Crippen LogP contribution in [0.25, 0.3) is 0 Å². The van der Waals surface area contributed by atoms with Crippen molar-refractivity contribution >= 4 is 40.2 Å². The minimum absolute atomic E-state index is 0.133. The number of nitriles is 1. The van der Waals surface area contributed by atoms with Gasteiger partial charge in [0.2, 0.25) is 0 Å². The van der Waals surface area contributed by atoms with Crippen molar-refractivity contribution in [3.63, 3.8) is 0 Å². The summed E-state index contributed by atoms with van der Waals surface area (Å²) < 4.78 is 14.2. The van der Waals surface area contributed by atoms with E-state index in [4.69, 9.17) is 5.26 Å². The van der Waals surface area contributed by atoms with Gasteiger partial charge >= 0.3 is 0 Å². The molecule has 0 atom stereocenters. The van der Waals surface area contributed by atoms with Crippen molar-refractivity contribution in [2.24, 2.45) is 0 Å².